The summed E-state index contributed by atoms with van der Waals surface area (Å²) in [5.41, 5.74) is 2.12. The van der Waals surface area contributed by atoms with Gasteiger partial charge in [-0.25, -0.2) is 0 Å². The van der Waals surface area contributed by atoms with Crippen LogP contribution in [0.15, 0.2) is 48.5 Å². The fourth-order valence-corrected chi connectivity index (χ4v) is 2.73. The molecule has 1 atom stereocenters. The van der Waals surface area contributed by atoms with E-state index < -0.39 is 0 Å². The highest BCUT2D eigenvalue weighted by atomic mass is 16.5. The van der Waals surface area contributed by atoms with Gasteiger partial charge in [0.1, 0.15) is 11.5 Å². The van der Waals surface area contributed by atoms with E-state index in [0.29, 0.717) is 19.6 Å². The van der Waals surface area contributed by atoms with Crippen molar-refractivity contribution in [3.8, 4) is 11.5 Å². The van der Waals surface area contributed by atoms with Crippen molar-refractivity contribution >= 4 is 5.91 Å². The van der Waals surface area contributed by atoms with Gasteiger partial charge in [0.05, 0.1) is 25.7 Å². The van der Waals surface area contributed by atoms with Crippen molar-refractivity contribution in [3.63, 3.8) is 0 Å². The zero-order chi connectivity index (χ0) is 16.1. The number of ether oxygens (including phenoxy) is 2. The number of carbonyl (C=O) groups excluding carboxylic acids is 1. The Morgan fingerprint density at radius 1 is 1.22 bits per heavy atom. The average Bonchev–Trinajstić information content (AvgIpc) is 2.57. The molecule has 120 valence electrons. The highest BCUT2D eigenvalue weighted by Crippen LogP contribution is 2.31. The minimum atomic E-state index is 0.000266. The highest BCUT2D eigenvalue weighted by molar-refractivity contribution is 5.76. The third kappa shape index (κ3) is 3.83. The Morgan fingerprint density at radius 3 is 2.87 bits per heavy atom. The molecule has 1 N–H and O–H groups in total. The van der Waals surface area contributed by atoms with Crippen molar-refractivity contribution in [2.75, 3.05) is 13.2 Å². The Bertz CT molecular complexity index is 684. The summed E-state index contributed by atoms with van der Waals surface area (Å²) in [4.78, 5) is 12.2. The molecule has 4 heteroatoms. The van der Waals surface area contributed by atoms with E-state index in [1.807, 2.05) is 55.5 Å². The van der Waals surface area contributed by atoms with E-state index in [1.165, 1.54) is 0 Å². The Morgan fingerprint density at radius 2 is 2.00 bits per heavy atom. The number of aryl methyl sites for hydroxylation is 1. The molecule has 1 amide bonds. The molecule has 23 heavy (non-hydrogen) atoms. The van der Waals surface area contributed by atoms with Crippen molar-refractivity contribution in [3.05, 3.63) is 59.7 Å². The predicted octanol–water partition coefficient (Wildman–Crippen LogP) is 3.40. The van der Waals surface area contributed by atoms with Gasteiger partial charge in [0, 0.05) is 12.0 Å². The molecule has 4 nitrogen and oxygen atoms in total. The second-order valence-corrected chi connectivity index (χ2v) is 5.66. The summed E-state index contributed by atoms with van der Waals surface area (Å²) in [7, 11) is 0. The zero-order valence-electron chi connectivity index (χ0n) is 13.2. The second-order valence-electron chi connectivity index (χ2n) is 5.66. The van der Waals surface area contributed by atoms with Crippen LogP contribution in [0.5, 0.6) is 11.5 Å². The van der Waals surface area contributed by atoms with Crippen LogP contribution in [0.4, 0.5) is 0 Å². The molecule has 0 bridgehead atoms. The third-order valence-electron chi connectivity index (χ3n) is 3.97. The van der Waals surface area contributed by atoms with Gasteiger partial charge in [0.2, 0.25) is 5.91 Å². The summed E-state index contributed by atoms with van der Waals surface area (Å²) in [6.07, 6.45) is 1.13. The Balaban J connectivity index is 1.52. The van der Waals surface area contributed by atoms with Gasteiger partial charge in [-0.05, 0) is 24.6 Å². The lowest BCUT2D eigenvalue weighted by Crippen LogP contribution is -2.32. The van der Waals surface area contributed by atoms with E-state index in [4.69, 9.17) is 9.47 Å². The van der Waals surface area contributed by atoms with Gasteiger partial charge in [0.15, 0.2) is 0 Å². The molecule has 1 aliphatic rings. The fraction of sp³-hybridized carbons (Fsp3) is 0.316. The number of hydrogen-bond acceptors (Lipinski definition) is 3. The van der Waals surface area contributed by atoms with Crippen LogP contribution in [-0.4, -0.2) is 19.1 Å². The molecule has 1 aliphatic heterocycles. The van der Waals surface area contributed by atoms with Crippen LogP contribution in [0.2, 0.25) is 0 Å². The van der Waals surface area contributed by atoms with E-state index >= 15 is 0 Å². The summed E-state index contributed by atoms with van der Waals surface area (Å²) >= 11 is 0. The predicted molar refractivity (Wildman–Crippen MR) is 88.7 cm³/mol. The minimum Gasteiger partial charge on any atom is -0.493 e. The number of amides is 1. The van der Waals surface area contributed by atoms with Crippen LogP contribution in [0.3, 0.4) is 0 Å². The van der Waals surface area contributed by atoms with Gasteiger partial charge in [-0.15, -0.1) is 0 Å². The van der Waals surface area contributed by atoms with E-state index in [1.54, 1.807) is 0 Å². The SMILES string of the molecule is Cc1ccccc1OCCC(=O)N[C@@H]1CCOc2ccccc21. The van der Waals surface area contributed by atoms with Gasteiger partial charge < -0.3 is 14.8 Å². The zero-order valence-corrected chi connectivity index (χ0v) is 13.2. The number of benzene rings is 2. The molecular weight excluding hydrogens is 290 g/mol. The lowest BCUT2D eigenvalue weighted by Gasteiger charge is -2.26. The lowest BCUT2D eigenvalue weighted by molar-refractivity contribution is -0.122. The Kier molecular flexibility index (Phi) is 4.81. The minimum absolute atomic E-state index is 0.000266. The van der Waals surface area contributed by atoms with Gasteiger partial charge in [-0.1, -0.05) is 36.4 Å². The van der Waals surface area contributed by atoms with Crippen LogP contribution in [-0.2, 0) is 4.79 Å². The van der Waals surface area contributed by atoms with Gasteiger partial charge in [0.25, 0.3) is 0 Å². The molecule has 0 unspecified atom stereocenters. The smallest absolute Gasteiger partial charge is 0.223 e. The number of hydrogen-bond donors (Lipinski definition) is 1. The largest absolute Gasteiger partial charge is 0.493 e. The van der Waals surface area contributed by atoms with E-state index in [-0.39, 0.29) is 11.9 Å². The van der Waals surface area contributed by atoms with Crippen LogP contribution in [0.25, 0.3) is 0 Å². The van der Waals surface area contributed by atoms with Crippen molar-refractivity contribution in [1.82, 2.24) is 5.32 Å². The molecule has 0 aliphatic carbocycles. The standard InChI is InChI=1S/C19H21NO3/c1-14-6-2-4-8-17(14)22-13-11-19(21)20-16-10-12-23-18-9-5-3-7-15(16)18/h2-9,16H,10-13H2,1H3,(H,20,21)/t16-/m1/s1. The van der Waals surface area contributed by atoms with Crippen molar-refractivity contribution < 1.29 is 14.3 Å². The van der Waals surface area contributed by atoms with Gasteiger partial charge >= 0.3 is 0 Å². The lowest BCUT2D eigenvalue weighted by atomic mass is 10.0. The first-order valence-electron chi connectivity index (χ1n) is 7.93. The van der Waals surface area contributed by atoms with E-state index in [0.717, 1.165) is 29.0 Å². The Hall–Kier alpha value is -2.49. The number of para-hydroxylation sites is 2. The molecule has 0 saturated carbocycles. The normalized spacial score (nSPS) is 16.1. The van der Waals surface area contributed by atoms with Crippen LogP contribution in [0, 0.1) is 6.92 Å². The maximum atomic E-state index is 12.2. The third-order valence-corrected chi connectivity index (χ3v) is 3.97. The highest BCUT2D eigenvalue weighted by Gasteiger charge is 2.22. The topological polar surface area (TPSA) is 47.6 Å². The van der Waals surface area contributed by atoms with Crippen molar-refractivity contribution in [2.24, 2.45) is 0 Å². The average molecular weight is 311 g/mol. The molecule has 0 saturated heterocycles. The van der Waals surface area contributed by atoms with Crippen LogP contribution >= 0.6 is 0 Å². The number of nitrogens with one attached hydrogen (secondary N) is 1. The Labute approximate surface area is 136 Å². The maximum Gasteiger partial charge on any atom is 0.223 e. The van der Waals surface area contributed by atoms with E-state index in [2.05, 4.69) is 5.32 Å². The molecule has 2 aromatic carbocycles. The van der Waals surface area contributed by atoms with Gasteiger partial charge in [-0.2, -0.15) is 0 Å². The van der Waals surface area contributed by atoms with Crippen LogP contribution in [0.1, 0.15) is 30.0 Å². The van der Waals surface area contributed by atoms with Crippen LogP contribution < -0.4 is 14.8 Å². The molecule has 3 rings (SSSR count). The first kappa shape index (κ1) is 15.4. The summed E-state index contributed by atoms with van der Waals surface area (Å²) < 4.78 is 11.3. The molecule has 1 heterocycles. The fourth-order valence-electron chi connectivity index (χ4n) is 2.73. The monoisotopic (exact) mass is 311 g/mol. The summed E-state index contributed by atoms with van der Waals surface area (Å²) in [5, 5.41) is 3.08. The number of rotatable bonds is 5. The molecule has 0 fully saturated rings. The molecule has 2 aromatic rings. The summed E-state index contributed by atoms with van der Waals surface area (Å²) in [5.74, 6) is 1.69. The van der Waals surface area contributed by atoms with Gasteiger partial charge in [-0.3, -0.25) is 4.79 Å². The number of carbonyl (C=O) groups is 1. The summed E-state index contributed by atoms with van der Waals surface area (Å²) in [6, 6.07) is 15.7. The first-order valence-corrected chi connectivity index (χ1v) is 7.93. The second kappa shape index (κ2) is 7.18. The summed E-state index contributed by atoms with van der Waals surface area (Å²) in [6.45, 7) is 3.00. The van der Waals surface area contributed by atoms with Crippen molar-refractivity contribution in [1.29, 1.82) is 0 Å². The molecule has 0 spiro atoms. The van der Waals surface area contributed by atoms with Crippen molar-refractivity contribution in [2.45, 2.75) is 25.8 Å². The van der Waals surface area contributed by atoms with E-state index in [9.17, 15) is 4.79 Å². The number of fused-ring (bicyclic) bond motifs is 1. The molecule has 0 aromatic heterocycles. The maximum absolute atomic E-state index is 12.2. The molecule has 0 radical (unpaired) electrons. The molecular formula is C19H21NO3. The quantitative estimate of drug-likeness (QED) is 0.920. The first-order chi connectivity index (χ1) is 11.2.